The maximum atomic E-state index is 6.04. The number of hydrogen-bond acceptors (Lipinski definition) is 2. The van der Waals surface area contributed by atoms with Gasteiger partial charge in [0.05, 0.1) is 0 Å². The van der Waals surface area contributed by atoms with Crippen LogP contribution >= 0.6 is 0 Å². The van der Waals surface area contributed by atoms with Crippen molar-refractivity contribution in [2.75, 3.05) is 0 Å². The van der Waals surface area contributed by atoms with E-state index in [0.717, 1.165) is 29.9 Å². The van der Waals surface area contributed by atoms with Crippen LogP contribution in [0.1, 0.15) is 37.4 Å². The topological polar surface area (TPSA) is 35.2 Å². The lowest BCUT2D eigenvalue weighted by molar-refractivity contribution is 0.481. The summed E-state index contributed by atoms with van der Waals surface area (Å²) >= 11 is 0. The van der Waals surface area contributed by atoms with Crippen LogP contribution < -0.4 is 10.5 Å². The largest absolute Gasteiger partial charge is 0.457 e. The van der Waals surface area contributed by atoms with Crippen LogP contribution in [0.2, 0.25) is 0 Å². The lowest BCUT2D eigenvalue weighted by Gasteiger charge is -2.12. The van der Waals surface area contributed by atoms with Gasteiger partial charge in [0.1, 0.15) is 11.5 Å². The fourth-order valence-electron chi connectivity index (χ4n) is 1.97. The smallest absolute Gasteiger partial charge is 0.127 e. The number of nitrogens with two attached hydrogens (primary N) is 1. The van der Waals surface area contributed by atoms with Gasteiger partial charge in [-0.3, -0.25) is 0 Å². The monoisotopic (exact) mass is 255 g/mol. The van der Waals surface area contributed by atoms with E-state index in [1.165, 1.54) is 5.56 Å². The van der Waals surface area contributed by atoms with Crippen molar-refractivity contribution in [3.8, 4) is 11.5 Å². The molecular formula is C17H21NO. The highest BCUT2D eigenvalue weighted by Gasteiger charge is 2.05. The van der Waals surface area contributed by atoms with Gasteiger partial charge in [-0.2, -0.15) is 0 Å². The average Bonchev–Trinajstić information content (AvgIpc) is 2.47. The minimum absolute atomic E-state index is 0.0750. The van der Waals surface area contributed by atoms with Gasteiger partial charge in [-0.15, -0.1) is 0 Å². The van der Waals surface area contributed by atoms with E-state index in [0.29, 0.717) is 0 Å². The number of rotatable bonds is 5. The van der Waals surface area contributed by atoms with Crippen LogP contribution in [-0.2, 0) is 6.42 Å². The summed E-state index contributed by atoms with van der Waals surface area (Å²) < 4.78 is 5.86. The zero-order valence-corrected chi connectivity index (χ0v) is 11.6. The third kappa shape index (κ3) is 3.58. The van der Waals surface area contributed by atoms with Crippen molar-refractivity contribution in [2.24, 2.45) is 5.73 Å². The fourth-order valence-corrected chi connectivity index (χ4v) is 1.97. The summed E-state index contributed by atoms with van der Waals surface area (Å²) in [5.41, 5.74) is 8.47. The summed E-state index contributed by atoms with van der Waals surface area (Å²) in [7, 11) is 0. The van der Waals surface area contributed by atoms with Gasteiger partial charge in [-0.05, 0) is 48.2 Å². The summed E-state index contributed by atoms with van der Waals surface area (Å²) in [5, 5.41) is 0. The summed E-state index contributed by atoms with van der Waals surface area (Å²) in [4.78, 5) is 0. The van der Waals surface area contributed by atoms with Gasteiger partial charge in [0.2, 0.25) is 0 Å². The normalized spacial score (nSPS) is 12.2. The van der Waals surface area contributed by atoms with E-state index in [2.05, 4.69) is 26.0 Å². The van der Waals surface area contributed by atoms with Crippen molar-refractivity contribution in [2.45, 2.75) is 32.7 Å². The molecule has 2 N–H and O–H groups in total. The Morgan fingerprint density at radius 1 is 1.00 bits per heavy atom. The molecule has 0 bridgehead atoms. The molecule has 0 heterocycles. The lowest BCUT2D eigenvalue weighted by atomic mass is 10.1. The molecule has 2 nitrogen and oxygen atoms in total. The van der Waals surface area contributed by atoms with Gasteiger partial charge in [0, 0.05) is 6.04 Å². The molecule has 0 aliphatic rings. The van der Waals surface area contributed by atoms with Crippen LogP contribution in [0.25, 0.3) is 0 Å². The van der Waals surface area contributed by atoms with Crippen molar-refractivity contribution in [1.82, 2.24) is 0 Å². The second-order valence-electron chi connectivity index (χ2n) is 4.69. The summed E-state index contributed by atoms with van der Waals surface area (Å²) in [5.74, 6) is 1.70. The Morgan fingerprint density at radius 3 is 2.37 bits per heavy atom. The molecular weight excluding hydrogens is 234 g/mol. The average molecular weight is 255 g/mol. The van der Waals surface area contributed by atoms with Crippen molar-refractivity contribution in [1.29, 1.82) is 0 Å². The second-order valence-corrected chi connectivity index (χ2v) is 4.69. The van der Waals surface area contributed by atoms with E-state index in [1.807, 2.05) is 36.4 Å². The molecule has 2 heteroatoms. The molecule has 0 aliphatic heterocycles. The number of benzene rings is 2. The molecule has 0 saturated heterocycles. The molecule has 0 saturated carbocycles. The first-order valence-corrected chi connectivity index (χ1v) is 6.85. The Morgan fingerprint density at radius 2 is 1.74 bits per heavy atom. The van der Waals surface area contributed by atoms with Crippen LogP contribution in [-0.4, -0.2) is 0 Å². The molecule has 2 aromatic rings. The zero-order valence-electron chi connectivity index (χ0n) is 11.6. The maximum Gasteiger partial charge on any atom is 0.127 e. The van der Waals surface area contributed by atoms with Crippen molar-refractivity contribution in [3.63, 3.8) is 0 Å². The molecule has 2 aromatic carbocycles. The van der Waals surface area contributed by atoms with Crippen LogP contribution in [0.3, 0.4) is 0 Å². The number of aryl methyl sites for hydroxylation is 1. The van der Waals surface area contributed by atoms with Gasteiger partial charge in [0.15, 0.2) is 0 Å². The minimum atomic E-state index is 0.0750. The highest BCUT2D eigenvalue weighted by Crippen LogP contribution is 2.25. The molecule has 1 unspecified atom stereocenters. The molecule has 0 radical (unpaired) electrons. The minimum Gasteiger partial charge on any atom is -0.457 e. The predicted octanol–water partition coefficient (Wildman–Crippen LogP) is 4.45. The van der Waals surface area contributed by atoms with Gasteiger partial charge < -0.3 is 10.5 Å². The van der Waals surface area contributed by atoms with E-state index in [-0.39, 0.29) is 6.04 Å². The zero-order chi connectivity index (χ0) is 13.7. The van der Waals surface area contributed by atoms with E-state index in [4.69, 9.17) is 10.5 Å². The van der Waals surface area contributed by atoms with Crippen molar-refractivity contribution < 1.29 is 4.74 Å². The maximum absolute atomic E-state index is 6.04. The van der Waals surface area contributed by atoms with Gasteiger partial charge in [-0.25, -0.2) is 0 Å². The summed E-state index contributed by atoms with van der Waals surface area (Å²) in [6.07, 6.45) is 1.97. The van der Waals surface area contributed by atoms with Gasteiger partial charge in [-0.1, -0.05) is 38.1 Å². The number of hydrogen-bond donors (Lipinski definition) is 1. The summed E-state index contributed by atoms with van der Waals surface area (Å²) in [6, 6.07) is 16.3. The Balaban J connectivity index is 2.13. The van der Waals surface area contributed by atoms with Crippen molar-refractivity contribution in [3.05, 3.63) is 59.7 Å². The van der Waals surface area contributed by atoms with E-state index in [9.17, 15) is 0 Å². The Hall–Kier alpha value is -1.80. The van der Waals surface area contributed by atoms with E-state index < -0.39 is 0 Å². The molecule has 0 spiro atoms. The summed E-state index contributed by atoms with van der Waals surface area (Å²) in [6.45, 7) is 4.23. The SMILES string of the molecule is CCc1ccc(Oc2cccc(C(N)CC)c2)cc1. The highest BCUT2D eigenvalue weighted by atomic mass is 16.5. The molecule has 100 valence electrons. The highest BCUT2D eigenvalue weighted by molar-refractivity contribution is 5.36. The van der Waals surface area contributed by atoms with E-state index >= 15 is 0 Å². The molecule has 1 atom stereocenters. The lowest BCUT2D eigenvalue weighted by Crippen LogP contribution is -2.08. The van der Waals surface area contributed by atoms with Gasteiger partial charge in [0.25, 0.3) is 0 Å². The standard InChI is InChI=1S/C17H21NO/c1-3-13-8-10-15(11-9-13)19-16-7-5-6-14(12-16)17(18)4-2/h5-12,17H,3-4,18H2,1-2H3. The van der Waals surface area contributed by atoms with Crippen molar-refractivity contribution >= 4 is 0 Å². The van der Waals surface area contributed by atoms with Gasteiger partial charge >= 0.3 is 0 Å². The third-order valence-corrected chi connectivity index (χ3v) is 3.29. The van der Waals surface area contributed by atoms with Crippen LogP contribution in [0, 0.1) is 0 Å². The fraction of sp³-hybridized carbons (Fsp3) is 0.294. The number of ether oxygens (including phenoxy) is 1. The Bertz CT molecular complexity index is 519. The van der Waals surface area contributed by atoms with Crippen LogP contribution in [0.4, 0.5) is 0 Å². The van der Waals surface area contributed by atoms with Crippen LogP contribution in [0.5, 0.6) is 11.5 Å². The molecule has 2 rings (SSSR count). The van der Waals surface area contributed by atoms with E-state index in [1.54, 1.807) is 0 Å². The second kappa shape index (κ2) is 6.39. The molecule has 19 heavy (non-hydrogen) atoms. The first-order chi connectivity index (χ1) is 9.22. The Labute approximate surface area is 115 Å². The predicted molar refractivity (Wildman–Crippen MR) is 79.6 cm³/mol. The molecule has 0 aliphatic carbocycles. The quantitative estimate of drug-likeness (QED) is 0.856. The first kappa shape index (κ1) is 13.6. The molecule has 0 amide bonds. The molecule has 0 aromatic heterocycles. The van der Waals surface area contributed by atoms with Crippen LogP contribution in [0.15, 0.2) is 48.5 Å². The third-order valence-electron chi connectivity index (χ3n) is 3.29. The Kier molecular flexibility index (Phi) is 4.58. The first-order valence-electron chi connectivity index (χ1n) is 6.85. The molecule has 0 fully saturated rings.